The first-order valence-electron chi connectivity index (χ1n) is 2.21. The molecular formula is C4H4BrF3. The number of hydrogen-bond donors (Lipinski definition) is 0. The van der Waals surface area contributed by atoms with Gasteiger partial charge in [0.05, 0.1) is 0 Å². The van der Waals surface area contributed by atoms with Gasteiger partial charge in [0.15, 0.2) is 0 Å². The molecule has 1 rings (SSSR count). The zero-order chi connectivity index (χ0) is 6.41. The average Bonchev–Trinajstić information content (AvgIpc) is 1.64. The molecule has 0 aliphatic heterocycles. The van der Waals surface area contributed by atoms with Crippen molar-refractivity contribution in [1.82, 2.24) is 0 Å². The van der Waals surface area contributed by atoms with Gasteiger partial charge in [0, 0.05) is 12.8 Å². The molecule has 1 fully saturated rings. The summed E-state index contributed by atoms with van der Waals surface area (Å²) >= 11 is 2.27. The van der Waals surface area contributed by atoms with E-state index < -0.39 is 10.5 Å². The number of hydrogen-bond acceptors (Lipinski definition) is 0. The molecule has 0 aromatic rings. The third kappa shape index (κ3) is 0.658. The quantitative estimate of drug-likeness (QED) is 0.513. The first-order chi connectivity index (χ1) is 3.46. The molecule has 8 heavy (non-hydrogen) atoms. The Hall–Kier alpha value is 0.270. The van der Waals surface area contributed by atoms with Crippen molar-refractivity contribution in [1.29, 1.82) is 0 Å². The molecule has 0 amide bonds. The first kappa shape index (κ1) is 6.39. The molecule has 0 spiro atoms. The van der Waals surface area contributed by atoms with Crippen LogP contribution in [0.2, 0.25) is 0 Å². The summed E-state index contributed by atoms with van der Waals surface area (Å²) in [7, 11) is 0. The smallest absolute Gasteiger partial charge is 0.225 e. The molecule has 0 radical (unpaired) electrons. The Morgan fingerprint density at radius 3 is 1.50 bits per heavy atom. The van der Waals surface area contributed by atoms with Crippen molar-refractivity contribution in [3.63, 3.8) is 0 Å². The van der Waals surface area contributed by atoms with Gasteiger partial charge in [-0.2, -0.15) is 0 Å². The standard InChI is InChI=1S/C4H4BrF3/c5-3(6)1-2-4(3,7)8/h1-2H2. The van der Waals surface area contributed by atoms with Crippen molar-refractivity contribution < 1.29 is 13.2 Å². The summed E-state index contributed by atoms with van der Waals surface area (Å²) in [5.41, 5.74) is 0. The summed E-state index contributed by atoms with van der Waals surface area (Å²) in [5, 5.41) is 0. The Morgan fingerprint density at radius 2 is 1.50 bits per heavy atom. The lowest BCUT2D eigenvalue weighted by atomic mass is 9.92. The Balaban J connectivity index is 2.63. The minimum absolute atomic E-state index is 0.0833. The van der Waals surface area contributed by atoms with Gasteiger partial charge in [0.25, 0.3) is 5.92 Å². The van der Waals surface area contributed by atoms with E-state index in [0.29, 0.717) is 0 Å². The molecule has 1 aliphatic carbocycles. The number of alkyl halides is 4. The second-order valence-electron chi connectivity index (χ2n) is 1.91. The largest absolute Gasteiger partial charge is 0.291 e. The van der Waals surface area contributed by atoms with E-state index in [1.165, 1.54) is 0 Å². The lowest BCUT2D eigenvalue weighted by Gasteiger charge is -2.37. The monoisotopic (exact) mass is 188 g/mol. The van der Waals surface area contributed by atoms with E-state index in [4.69, 9.17) is 0 Å². The minimum Gasteiger partial charge on any atom is -0.225 e. The van der Waals surface area contributed by atoms with Gasteiger partial charge < -0.3 is 0 Å². The van der Waals surface area contributed by atoms with Crippen LogP contribution in [0.5, 0.6) is 0 Å². The molecule has 1 atom stereocenters. The number of rotatable bonds is 0. The average molecular weight is 189 g/mol. The zero-order valence-corrected chi connectivity index (χ0v) is 5.51. The van der Waals surface area contributed by atoms with Crippen molar-refractivity contribution in [3.8, 4) is 0 Å². The molecule has 1 saturated carbocycles. The fraction of sp³-hybridized carbons (Fsp3) is 1.00. The van der Waals surface area contributed by atoms with E-state index in [0.717, 1.165) is 0 Å². The Morgan fingerprint density at radius 1 is 1.12 bits per heavy atom. The molecule has 1 unspecified atom stereocenters. The topological polar surface area (TPSA) is 0 Å². The highest BCUT2D eigenvalue weighted by atomic mass is 79.9. The molecule has 48 valence electrons. The molecule has 0 N–H and O–H groups in total. The number of halogens is 4. The summed E-state index contributed by atoms with van der Waals surface area (Å²) < 4.78 is 33.5. The summed E-state index contributed by atoms with van der Waals surface area (Å²) in [6.07, 6.45) is -0.422. The van der Waals surface area contributed by atoms with Gasteiger partial charge in [-0.1, -0.05) is 0 Å². The van der Waals surface area contributed by atoms with Crippen LogP contribution in [-0.2, 0) is 0 Å². The maximum atomic E-state index is 12.1. The van der Waals surface area contributed by atoms with Gasteiger partial charge in [0.1, 0.15) is 0 Å². The highest BCUT2D eigenvalue weighted by Gasteiger charge is 2.61. The zero-order valence-electron chi connectivity index (χ0n) is 3.93. The van der Waals surface area contributed by atoms with Crippen molar-refractivity contribution in [3.05, 3.63) is 0 Å². The third-order valence-corrected chi connectivity index (χ3v) is 2.26. The highest BCUT2D eigenvalue weighted by molar-refractivity contribution is 9.10. The second-order valence-corrected chi connectivity index (χ2v) is 3.17. The van der Waals surface area contributed by atoms with E-state index >= 15 is 0 Å². The van der Waals surface area contributed by atoms with Crippen LogP contribution < -0.4 is 0 Å². The maximum absolute atomic E-state index is 12.1. The molecule has 0 bridgehead atoms. The van der Waals surface area contributed by atoms with Gasteiger partial charge in [-0.3, -0.25) is 0 Å². The Labute approximate surface area is 53.2 Å². The van der Waals surface area contributed by atoms with Crippen LogP contribution in [0.4, 0.5) is 13.2 Å². The lowest BCUT2D eigenvalue weighted by Crippen LogP contribution is -2.48. The van der Waals surface area contributed by atoms with Gasteiger partial charge in [-0.05, 0) is 15.9 Å². The fourth-order valence-corrected chi connectivity index (χ4v) is 0.899. The Kier molecular flexibility index (Phi) is 1.12. The van der Waals surface area contributed by atoms with Crippen LogP contribution in [0, 0.1) is 0 Å². The van der Waals surface area contributed by atoms with E-state index in [2.05, 4.69) is 15.9 Å². The molecule has 0 nitrogen and oxygen atoms in total. The summed E-state index contributed by atoms with van der Waals surface area (Å²) in [5.74, 6) is -3.13. The first-order valence-corrected chi connectivity index (χ1v) is 3.01. The predicted molar refractivity (Wildman–Crippen MR) is 26.9 cm³/mol. The van der Waals surface area contributed by atoms with Crippen molar-refractivity contribution in [2.24, 2.45) is 0 Å². The molecule has 0 aromatic carbocycles. The van der Waals surface area contributed by atoms with Crippen LogP contribution in [0.25, 0.3) is 0 Å². The van der Waals surface area contributed by atoms with Crippen LogP contribution in [0.3, 0.4) is 0 Å². The van der Waals surface area contributed by atoms with Crippen molar-refractivity contribution in [2.45, 2.75) is 23.3 Å². The van der Waals surface area contributed by atoms with E-state index in [-0.39, 0.29) is 12.8 Å². The lowest BCUT2D eigenvalue weighted by molar-refractivity contribution is -0.157. The van der Waals surface area contributed by atoms with Gasteiger partial charge >= 0.3 is 0 Å². The van der Waals surface area contributed by atoms with Crippen LogP contribution in [0.1, 0.15) is 12.8 Å². The maximum Gasteiger partial charge on any atom is 0.291 e. The fourth-order valence-electron chi connectivity index (χ4n) is 0.503. The van der Waals surface area contributed by atoms with E-state index in [1.54, 1.807) is 0 Å². The molecule has 4 heteroatoms. The molecule has 0 aromatic heterocycles. The summed E-state index contributed by atoms with van der Waals surface area (Å²) in [6, 6.07) is 0. The highest BCUT2D eigenvalue weighted by Crippen LogP contribution is 2.53. The van der Waals surface area contributed by atoms with Gasteiger partial charge in [-0.25, -0.2) is 13.2 Å². The van der Waals surface area contributed by atoms with E-state index in [9.17, 15) is 13.2 Å². The second kappa shape index (κ2) is 1.40. The molecule has 0 saturated heterocycles. The van der Waals surface area contributed by atoms with E-state index in [1.807, 2.05) is 0 Å². The van der Waals surface area contributed by atoms with Crippen LogP contribution >= 0.6 is 15.9 Å². The molecule has 0 heterocycles. The van der Waals surface area contributed by atoms with Crippen LogP contribution in [0.15, 0.2) is 0 Å². The van der Waals surface area contributed by atoms with Crippen molar-refractivity contribution >= 4 is 15.9 Å². The minimum atomic E-state index is -3.13. The van der Waals surface area contributed by atoms with Gasteiger partial charge in [0.2, 0.25) is 4.58 Å². The van der Waals surface area contributed by atoms with Crippen LogP contribution in [-0.4, -0.2) is 10.5 Å². The Bertz CT molecular complexity index is 95.9. The predicted octanol–water partition coefficient (Wildman–Crippen LogP) is 2.48. The van der Waals surface area contributed by atoms with Gasteiger partial charge in [-0.15, -0.1) is 0 Å². The SMILES string of the molecule is FC1(F)CCC1(F)Br. The van der Waals surface area contributed by atoms with Crippen molar-refractivity contribution in [2.75, 3.05) is 0 Å². The molecular weight excluding hydrogens is 185 g/mol. The normalized spacial score (nSPS) is 43.5. The third-order valence-electron chi connectivity index (χ3n) is 1.29. The summed E-state index contributed by atoms with van der Waals surface area (Å²) in [4.78, 5) is 0. The molecule has 1 aliphatic rings. The summed E-state index contributed by atoms with van der Waals surface area (Å²) in [6.45, 7) is 0.